The monoisotopic (exact) mass is 273 g/mol. The predicted molar refractivity (Wildman–Crippen MR) is 76.8 cm³/mol. The number of benzene rings is 1. The van der Waals surface area contributed by atoms with Crippen molar-refractivity contribution in [1.82, 2.24) is 9.97 Å². The van der Waals surface area contributed by atoms with Gasteiger partial charge in [-0.15, -0.1) is 0 Å². The fraction of sp³-hybridized carbons (Fsp3) is 0.286. The molecular weight excluding hydrogens is 258 g/mol. The molecule has 0 unspecified atom stereocenters. The number of ether oxygens (including phenoxy) is 1. The van der Waals surface area contributed by atoms with E-state index < -0.39 is 0 Å². The second-order valence-electron chi connectivity index (χ2n) is 4.50. The Hall–Kier alpha value is -1.75. The van der Waals surface area contributed by atoms with Crippen molar-refractivity contribution in [3.63, 3.8) is 0 Å². The van der Waals surface area contributed by atoms with Gasteiger partial charge in [-0.25, -0.2) is 4.98 Å². The minimum atomic E-state index is 0.426. The van der Waals surface area contributed by atoms with Crippen LogP contribution in [0.3, 0.4) is 0 Å². The van der Waals surface area contributed by atoms with Gasteiger partial charge in [0.25, 0.3) is 0 Å². The number of thioether (sulfide) groups is 1. The molecule has 2 aromatic rings. The Kier molecular flexibility index (Phi) is 3.29. The van der Waals surface area contributed by atoms with Gasteiger partial charge in [0.2, 0.25) is 5.88 Å². The number of fused-ring (bicyclic) bond motifs is 1. The lowest BCUT2D eigenvalue weighted by Gasteiger charge is -2.08. The van der Waals surface area contributed by atoms with Crippen LogP contribution in [0.1, 0.15) is 17.5 Å². The smallest absolute Gasteiger partial charge is 0.225 e. The fourth-order valence-corrected chi connectivity index (χ4v) is 2.67. The average molecular weight is 273 g/mol. The average Bonchev–Trinajstić information content (AvgIpc) is 2.85. The predicted octanol–water partition coefficient (Wildman–Crippen LogP) is 3.06. The van der Waals surface area contributed by atoms with Gasteiger partial charge >= 0.3 is 0 Å². The molecule has 1 aromatic carbocycles. The summed E-state index contributed by atoms with van der Waals surface area (Å²) < 4.78 is 5.78. The van der Waals surface area contributed by atoms with E-state index in [-0.39, 0.29) is 0 Å². The lowest BCUT2D eigenvalue weighted by Crippen LogP contribution is -1.97. The van der Waals surface area contributed by atoms with E-state index >= 15 is 0 Å². The van der Waals surface area contributed by atoms with Gasteiger partial charge in [0.15, 0.2) is 5.16 Å². The summed E-state index contributed by atoms with van der Waals surface area (Å²) in [5.41, 5.74) is 8.54. The minimum Gasteiger partial charge on any atom is -0.439 e. The van der Waals surface area contributed by atoms with Crippen molar-refractivity contribution in [3.8, 4) is 11.6 Å². The molecular formula is C14H15N3OS. The third kappa shape index (κ3) is 2.66. The third-order valence-corrected chi connectivity index (χ3v) is 3.72. The highest BCUT2D eigenvalue weighted by atomic mass is 32.2. The zero-order valence-corrected chi connectivity index (χ0v) is 11.5. The minimum absolute atomic E-state index is 0.426. The number of nitrogens with two attached hydrogens (primary N) is 1. The van der Waals surface area contributed by atoms with Gasteiger partial charge in [-0.05, 0) is 48.8 Å². The van der Waals surface area contributed by atoms with Crippen LogP contribution in [0, 0.1) is 0 Å². The summed E-state index contributed by atoms with van der Waals surface area (Å²) in [7, 11) is 0. The zero-order valence-electron chi connectivity index (χ0n) is 10.7. The van der Waals surface area contributed by atoms with E-state index in [9.17, 15) is 0 Å². The molecule has 1 aliphatic rings. The van der Waals surface area contributed by atoms with Crippen LogP contribution in [0.2, 0.25) is 0 Å². The van der Waals surface area contributed by atoms with E-state index in [0.29, 0.717) is 16.9 Å². The van der Waals surface area contributed by atoms with Gasteiger partial charge in [-0.1, -0.05) is 17.8 Å². The molecule has 0 bridgehead atoms. The molecule has 0 amide bonds. The van der Waals surface area contributed by atoms with Crippen LogP contribution in [0.4, 0.5) is 5.82 Å². The number of hydrogen-bond donors (Lipinski definition) is 1. The Morgan fingerprint density at radius 3 is 2.84 bits per heavy atom. The Labute approximate surface area is 116 Å². The molecule has 0 spiro atoms. The highest BCUT2D eigenvalue weighted by Gasteiger charge is 2.12. The second kappa shape index (κ2) is 5.09. The third-order valence-electron chi connectivity index (χ3n) is 3.18. The Bertz CT molecular complexity index is 616. The maximum Gasteiger partial charge on any atom is 0.225 e. The van der Waals surface area contributed by atoms with E-state index in [2.05, 4.69) is 22.1 Å². The van der Waals surface area contributed by atoms with Crippen LogP contribution >= 0.6 is 11.8 Å². The first kappa shape index (κ1) is 12.3. The molecule has 2 N–H and O–H groups in total. The van der Waals surface area contributed by atoms with Crippen molar-refractivity contribution in [2.24, 2.45) is 0 Å². The summed E-state index contributed by atoms with van der Waals surface area (Å²) in [6, 6.07) is 7.87. The lowest BCUT2D eigenvalue weighted by atomic mass is 10.1. The summed E-state index contributed by atoms with van der Waals surface area (Å²) in [6.45, 7) is 0. The van der Waals surface area contributed by atoms with Gasteiger partial charge in [0, 0.05) is 6.07 Å². The number of rotatable bonds is 3. The zero-order chi connectivity index (χ0) is 13.2. The summed E-state index contributed by atoms with van der Waals surface area (Å²) in [5.74, 6) is 1.73. The lowest BCUT2D eigenvalue weighted by molar-refractivity contribution is 0.455. The van der Waals surface area contributed by atoms with E-state index in [1.54, 1.807) is 6.07 Å². The van der Waals surface area contributed by atoms with Gasteiger partial charge in [-0.3, -0.25) is 0 Å². The Morgan fingerprint density at radius 2 is 2.00 bits per heavy atom. The molecule has 98 valence electrons. The van der Waals surface area contributed by atoms with Crippen LogP contribution in [0.5, 0.6) is 11.6 Å². The fourth-order valence-electron chi connectivity index (χ4n) is 2.30. The largest absolute Gasteiger partial charge is 0.439 e. The molecule has 3 rings (SSSR count). The number of nitrogens with zero attached hydrogens (tertiary/aromatic N) is 2. The van der Waals surface area contributed by atoms with Crippen LogP contribution in [0.25, 0.3) is 0 Å². The number of nitrogen functional groups attached to an aromatic ring is 1. The van der Waals surface area contributed by atoms with E-state index in [4.69, 9.17) is 10.5 Å². The SMILES string of the molecule is CSc1nc(N)cc(Oc2ccc3c(c2)CCC3)n1. The van der Waals surface area contributed by atoms with Crippen molar-refractivity contribution in [1.29, 1.82) is 0 Å². The molecule has 0 fully saturated rings. The molecule has 1 aliphatic carbocycles. The first-order chi connectivity index (χ1) is 9.24. The maximum absolute atomic E-state index is 5.78. The second-order valence-corrected chi connectivity index (χ2v) is 5.28. The molecule has 19 heavy (non-hydrogen) atoms. The van der Waals surface area contributed by atoms with Gasteiger partial charge in [0.1, 0.15) is 11.6 Å². The topological polar surface area (TPSA) is 61.0 Å². The summed E-state index contributed by atoms with van der Waals surface area (Å²) >= 11 is 1.45. The highest BCUT2D eigenvalue weighted by Crippen LogP contribution is 2.29. The maximum atomic E-state index is 5.78. The standard InChI is InChI=1S/C14H15N3OS/c1-19-14-16-12(15)8-13(17-14)18-11-6-5-9-3-2-4-10(9)7-11/h5-8H,2-4H2,1H3,(H2,15,16,17). The van der Waals surface area contributed by atoms with Crippen LogP contribution in [-0.2, 0) is 12.8 Å². The summed E-state index contributed by atoms with van der Waals surface area (Å²) in [6.07, 6.45) is 5.45. The van der Waals surface area contributed by atoms with Crippen LogP contribution < -0.4 is 10.5 Å². The first-order valence-electron chi connectivity index (χ1n) is 6.23. The molecule has 0 aliphatic heterocycles. The van der Waals surface area contributed by atoms with Gasteiger partial charge in [0.05, 0.1) is 0 Å². The summed E-state index contributed by atoms with van der Waals surface area (Å²) in [5, 5.41) is 0.621. The van der Waals surface area contributed by atoms with Crippen molar-refractivity contribution in [3.05, 3.63) is 35.4 Å². The van der Waals surface area contributed by atoms with E-state index in [0.717, 1.165) is 12.2 Å². The molecule has 5 heteroatoms. The van der Waals surface area contributed by atoms with Crippen molar-refractivity contribution in [2.45, 2.75) is 24.4 Å². The normalized spacial score (nSPS) is 13.3. The molecule has 4 nitrogen and oxygen atoms in total. The Balaban J connectivity index is 1.86. The van der Waals surface area contributed by atoms with Crippen LogP contribution in [-0.4, -0.2) is 16.2 Å². The molecule has 0 saturated carbocycles. The first-order valence-corrected chi connectivity index (χ1v) is 7.45. The van der Waals surface area contributed by atoms with Gasteiger partial charge < -0.3 is 10.5 Å². The van der Waals surface area contributed by atoms with E-state index in [1.165, 1.54) is 35.7 Å². The number of hydrogen-bond acceptors (Lipinski definition) is 5. The van der Waals surface area contributed by atoms with Crippen molar-refractivity contribution >= 4 is 17.6 Å². The summed E-state index contributed by atoms with van der Waals surface area (Å²) in [4.78, 5) is 8.39. The molecule has 1 heterocycles. The van der Waals surface area contributed by atoms with Crippen LogP contribution in [0.15, 0.2) is 29.4 Å². The molecule has 0 saturated heterocycles. The molecule has 1 aromatic heterocycles. The Morgan fingerprint density at radius 1 is 1.16 bits per heavy atom. The van der Waals surface area contributed by atoms with E-state index in [1.807, 2.05) is 12.3 Å². The number of aryl methyl sites for hydroxylation is 2. The quantitative estimate of drug-likeness (QED) is 0.688. The number of aromatic nitrogens is 2. The highest BCUT2D eigenvalue weighted by molar-refractivity contribution is 7.98. The van der Waals surface area contributed by atoms with Crippen molar-refractivity contribution < 1.29 is 4.74 Å². The molecule has 0 atom stereocenters. The number of anilines is 1. The molecule has 0 radical (unpaired) electrons. The van der Waals surface area contributed by atoms with Crippen molar-refractivity contribution in [2.75, 3.05) is 12.0 Å². The van der Waals surface area contributed by atoms with Gasteiger partial charge in [-0.2, -0.15) is 4.98 Å².